The average Bonchev–Trinajstić information content (AvgIpc) is 2.85. The van der Waals surface area contributed by atoms with Crippen molar-refractivity contribution in [2.75, 3.05) is 78.8 Å². The number of hydrogen-bond acceptors (Lipinski definition) is 10. The van der Waals surface area contributed by atoms with Gasteiger partial charge in [-0.05, 0) is 26.0 Å². The van der Waals surface area contributed by atoms with Crippen molar-refractivity contribution >= 4 is 5.96 Å². The smallest absolute Gasteiger partial charge is 0.196 e. The molecule has 4 heterocycles. The highest BCUT2D eigenvalue weighted by Gasteiger charge is 2.40. The number of nitrogens with zero attached hydrogens (tertiary/aromatic N) is 5. The summed E-state index contributed by atoms with van der Waals surface area (Å²) < 4.78 is 11.2. The van der Waals surface area contributed by atoms with Gasteiger partial charge in [0.2, 0.25) is 0 Å². The Labute approximate surface area is 192 Å². The maximum absolute atomic E-state index is 6.82. The highest BCUT2D eigenvalue weighted by Crippen LogP contribution is 2.20. The van der Waals surface area contributed by atoms with E-state index in [-0.39, 0.29) is 18.4 Å². The largest absolute Gasteiger partial charge is 0.405 e. The summed E-state index contributed by atoms with van der Waals surface area (Å²) in [5, 5.41) is 3.72. The van der Waals surface area contributed by atoms with Gasteiger partial charge in [-0.15, -0.1) is 0 Å². The first-order valence-electron chi connectivity index (χ1n) is 12.3. The summed E-state index contributed by atoms with van der Waals surface area (Å²) in [6.45, 7) is 12.9. The maximum Gasteiger partial charge on any atom is 0.196 e. The molecule has 4 aliphatic heterocycles. The Balaban J connectivity index is 1.42. The zero-order valence-electron chi connectivity index (χ0n) is 19.6. The standard InChI is InChI=1S/C22H42N8O2/c1-18(4-2-3-5-23)27-6-8-30(9-7-27)22-25-20(28-10-14-31-15-11-28)19(24)21(26-22)29-12-16-32-17-13-29/h3,5,18-21H,2,4,6-17,23-24H2,1H3,(H,25,26)/b5-3-/t18?,19?,20-,21?/m1/s1. The molecule has 182 valence electrons. The molecular formula is C22H42N8O2. The van der Waals surface area contributed by atoms with Crippen LogP contribution >= 0.6 is 0 Å². The van der Waals surface area contributed by atoms with E-state index in [1.54, 1.807) is 6.20 Å². The molecule has 3 fully saturated rings. The van der Waals surface area contributed by atoms with E-state index in [1.807, 2.05) is 6.08 Å². The van der Waals surface area contributed by atoms with Crippen LogP contribution in [0.4, 0.5) is 0 Å². The molecule has 5 N–H and O–H groups in total. The fourth-order valence-electron chi connectivity index (χ4n) is 5.16. The Morgan fingerprint density at radius 1 is 1.00 bits per heavy atom. The van der Waals surface area contributed by atoms with E-state index in [2.05, 4.69) is 31.8 Å². The number of morpholine rings is 2. The van der Waals surface area contributed by atoms with E-state index < -0.39 is 0 Å². The van der Waals surface area contributed by atoms with Crippen molar-refractivity contribution in [3.63, 3.8) is 0 Å². The van der Waals surface area contributed by atoms with Crippen molar-refractivity contribution in [3.8, 4) is 0 Å². The lowest BCUT2D eigenvalue weighted by molar-refractivity contribution is -0.0248. The Morgan fingerprint density at radius 3 is 2.25 bits per heavy atom. The monoisotopic (exact) mass is 450 g/mol. The number of aliphatic imine (C=N–C) groups is 1. The van der Waals surface area contributed by atoms with Crippen LogP contribution < -0.4 is 16.8 Å². The van der Waals surface area contributed by atoms with E-state index in [9.17, 15) is 0 Å². The molecule has 4 rings (SSSR count). The topological polar surface area (TPSA) is 108 Å². The van der Waals surface area contributed by atoms with Gasteiger partial charge in [0, 0.05) is 58.4 Å². The van der Waals surface area contributed by atoms with Gasteiger partial charge in [-0.25, -0.2) is 4.99 Å². The number of hydrogen-bond donors (Lipinski definition) is 3. The van der Waals surface area contributed by atoms with Crippen LogP contribution in [0.2, 0.25) is 0 Å². The number of piperazine rings is 1. The zero-order valence-corrected chi connectivity index (χ0v) is 19.6. The molecule has 0 saturated carbocycles. The third-order valence-electron chi connectivity index (χ3n) is 7.22. The second-order valence-corrected chi connectivity index (χ2v) is 9.21. The third kappa shape index (κ3) is 5.73. The lowest BCUT2D eigenvalue weighted by Crippen LogP contribution is -2.71. The molecule has 0 bridgehead atoms. The van der Waals surface area contributed by atoms with Gasteiger partial charge in [0.05, 0.1) is 32.5 Å². The summed E-state index contributed by atoms with van der Waals surface area (Å²) in [6.07, 6.45) is 5.92. The van der Waals surface area contributed by atoms with Gasteiger partial charge < -0.3 is 31.2 Å². The Kier molecular flexibility index (Phi) is 8.62. The van der Waals surface area contributed by atoms with Crippen molar-refractivity contribution in [1.82, 2.24) is 24.9 Å². The average molecular weight is 451 g/mol. The third-order valence-corrected chi connectivity index (χ3v) is 7.22. The van der Waals surface area contributed by atoms with Gasteiger partial charge in [-0.1, -0.05) is 6.08 Å². The van der Waals surface area contributed by atoms with Crippen molar-refractivity contribution in [2.24, 2.45) is 16.5 Å². The van der Waals surface area contributed by atoms with E-state index in [0.29, 0.717) is 6.04 Å². The molecule has 10 heteroatoms. The van der Waals surface area contributed by atoms with Crippen molar-refractivity contribution < 1.29 is 9.47 Å². The fourth-order valence-corrected chi connectivity index (χ4v) is 5.16. The number of nitrogens with one attached hydrogen (secondary N) is 1. The maximum atomic E-state index is 6.82. The second-order valence-electron chi connectivity index (χ2n) is 9.21. The van der Waals surface area contributed by atoms with Gasteiger partial charge in [0.1, 0.15) is 12.3 Å². The molecule has 3 saturated heterocycles. The molecule has 3 unspecified atom stereocenters. The number of allylic oxidation sites excluding steroid dienone is 1. The van der Waals surface area contributed by atoms with Crippen LogP contribution in [0, 0.1) is 0 Å². The molecule has 0 radical (unpaired) electrons. The number of rotatable bonds is 6. The number of nitrogens with two attached hydrogens (primary N) is 2. The summed E-state index contributed by atoms with van der Waals surface area (Å²) in [4.78, 5) is 15.0. The normalized spacial score (nSPS) is 32.6. The van der Waals surface area contributed by atoms with Gasteiger partial charge >= 0.3 is 0 Å². The molecular weight excluding hydrogens is 408 g/mol. The van der Waals surface area contributed by atoms with Crippen molar-refractivity contribution in [3.05, 3.63) is 12.3 Å². The van der Waals surface area contributed by atoms with Crippen LogP contribution in [0.1, 0.15) is 19.8 Å². The molecule has 0 aliphatic carbocycles. The summed E-state index contributed by atoms with van der Waals surface area (Å²) in [5.74, 6) is 0.998. The van der Waals surface area contributed by atoms with Gasteiger partial charge in [0.25, 0.3) is 0 Å². The molecule has 0 aromatic carbocycles. The molecule has 0 aromatic heterocycles. The summed E-state index contributed by atoms with van der Waals surface area (Å²) in [5.41, 5.74) is 12.3. The Bertz CT molecular complexity index is 627. The molecule has 32 heavy (non-hydrogen) atoms. The molecule has 0 amide bonds. The number of ether oxygens (including phenoxy) is 2. The van der Waals surface area contributed by atoms with Crippen LogP contribution in [0.15, 0.2) is 17.3 Å². The lowest BCUT2D eigenvalue weighted by atomic mass is 10.1. The molecule has 0 aromatic rings. The van der Waals surface area contributed by atoms with E-state index in [0.717, 1.165) is 97.6 Å². The van der Waals surface area contributed by atoms with Crippen LogP contribution in [0.25, 0.3) is 0 Å². The van der Waals surface area contributed by atoms with Crippen molar-refractivity contribution in [2.45, 2.75) is 44.2 Å². The molecule has 10 nitrogen and oxygen atoms in total. The minimum absolute atomic E-state index is 0.0250. The van der Waals surface area contributed by atoms with E-state index in [4.69, 9.17) is 25.9 Å². The van der Waals surface area contributed by atoms with Crippen LogP contribution in [0.5, 0.6) is 0 Å². The SMILES string of the molecule is CC(CC/C=C\N)N1CCN(C2=NC(N3CCOCC3)C(N)[C@@H](N3CCOCC3)N2)CC1. The van der Waals surface area contributed by atoms with Gasteiger partial charge in [-0.3, -0.25) is 14.7 Å². The first-order chi connectivity index (χ1) is 15.7. The predicted octanol–water partition coefficient (Wildman–Crippen LogP) is -1.15. The summed E-state index contributed by atoms with van der Waals surface area (Å²) in [6, 6.07) is 0.470. The second kappa shape index (κ2) is 11.6. The van der Waals surface area contributed by atoms with Crippen LogP contribution in [-0.2, 0) is 9.47 Å². The van der Waals surface area contributed by atoms with Crippen LogP contribution in [0.3, 0.4) is 0 Å². The van der Waals surface area contributed by atoms with E-state index in [1.165, 1.54) is 0 Å². The van der Waals surface area contributed by atoms with Gasteiger partial charge in [0.15, 0.2) is 5.96 Å². The highest BCUT2D eigenvalue weighted by molar-refractivity contribution is 5.81. The van der Waals surface area contributed by atoms with Crippen LogP contribution in [-0.4, -0.2) is 129 Å². The molecule has 4 aliphatic rings. The highest BCUT2D eigenvalue weighted by atomic mass is 16.5. The summed E-state index contributed by atoms with van der Waals surface area (Å²) >= 11 is 0. The first-order valence-corrected chi connectivity index (χ1v) is 12.3. The predicted molar refractivity (Wildman–Crippen MR) is 126 cm³/mol. The first kappa shape index (κ1) is 23.7. The number of guanidine groups is 1. The van der Waals surface area contributed by atoms with Gasteiger partial charge in [-0.2, -0.15) is 0 Å². The fraction of sp³-hybridized carbons (Fsp3) is 0.864. The quantitative estimate of drug-likeness (QED) is 0.462. The Hall–Kier alpha value is -1.43. The minimum atomic E-state index is -0.0909. The minimum Gasteiger partial charge on any atom is -0.405 e. The lowest BCUT2D eigenvalue weighted by Gasteiger charge is -2.49. The summed E-state index contributed by atoms with van der Waals surface area (Å²) in [7, 11) is 0. The Morgan fingerprint density at radius 2 is 1.62 bits per heavy atom. The molecule has 0 spiro atoms. The molecule has 4 atom stereocenters. The van der Waals surface area contributed by atoms with E-state index >= 15 is 0 Å². The van der Waals surface area contributed by atoms with Crippen molar-refractivity contribution in [1.29, 1.82) is 0 Å². The zero-order chi connectivity index (χ0) is 22.3.